The molecule has 4 aromatic carbocycles. The van der Waals surface area contributed by atoms with Crippen LogP contribution in [-0.4, -0.2) is 29.6 Å². The second kappa shape index (κ2) is 11.0. The lowest BCUT2D eigenvalue weighted by atomic mass is 9.90. The van der Waals surface area contributed by atoms with Gasteiger partial charge in [-0.25, -0.2) is 4.79 Å². The summed E-state index contributed by atoms with van der Waals surface area (Å²) in [4.78, 5) is 13.5. The maximum Gasteiger partial charge on any atom is 0.379 e. The molecular weight excluding hydrogens is 545 g/mol. The van der Waals surface area contributed by atoms with Crippen LogP contribution >= 0.6 is 7.26 Å². The number of hydrogen-bond acceptors (Lipinski definition) is 5. The second-order valence-electron chi connectivity index (χ2n) is 10.1. The summed E-state index contributed by atoms with van der Waals surface area (Å²) in [5.41, 5.74) is -4.25. The first-order chi connectivity index (χ1) is 19.6. The van der Waals surface area contributed by atoms with Gasteiger partial charge in [-0.3, -0.25) is 0 Å². The van der Waals surface area contributed by atoms with Gasteiger partial charge >= 0.3 is 11.6 Å². The quantitative estimate of drug-likeness (QED) is 0.193. The Bertz CT molecular complexity index is 1440. The molecule has 1 heterocycles. The summed E-state index contributed by atoms with van der Waals surface area (Å²) in [6, 6.07) is 31.9. The van der Waals surface area contributed by atoms with Crippen molar-refractivity contribution >= 4 is 29.1 Å². The van der Waals surface area contributed by atoms with Gasteiger partial charge < -0.3 is 19.3 Å². The number of rotatable bonds is 8. The van der Waals surface area contributed by atoms with Crippen LogP contribution < -0.4 is 20.7 Å². The van der Waals surface area contributed by atoms with Crippen molar-refractivity contribution in [3.63, 3.8) is 0 Å². The highest BCUT2D eigenvalue weighted by atomic mass is 31.2. The Morgan fingerprint density at radius 2 is 1.20 bits per heavy atom. The minimum atomic E-state index is -3.92. The SMILES string of the molecule is COc1ccc(C(C2=C(O)OC(C)(C)OC2=O)C(F)(F)[P+](c2ccccc2)(c2ccccc2)c2ccccc2)cc1. The van der Waals surface area contributed by atoms with Crippen molar-refractivity contribution in [2.24, 2.45) is 0 Å². The van der Waals surface area contributed by atoms with Crippen LogP contribution in [0.5, 0.6) is 5.75 Å². The Labute approximate surface area is 238 Å². The number of aliphatic hydroxyl groups is 1. The molecule has 41 heavy (non-hydrogen) atoms. The van der Waals surface area contributed by atoms with Crippen molar-refractivity contribution in [3.05, 3.63) is 132 Å². The number of ether oxygens (including phenoxy) is 3. The van der Waals surface area contributed by atoms with Gasteiger partial charge in [0.1, 0.15) is 33.2 Å². The van der Waals surface area contributed by atoms with Crippen LogP contribution in [0.1, 0.15) is 25.3 Å². The van der Waals surface area contributed by atoms with Crippen LogP contribution in [0.4, 0.5) is 8.78 Å². The van der Waals surface area contributed by atoms with E-state index in [0.29, 0.717) is 21.7 Å². The predicted molar refractivity (Wildman–Crippen MR) is 157 cm³/mol. The van der Waals surface area contributed by atoms with Gasteiger partial charge in [-0.1, -0.05) is 66.7 Å². The van der Waals surface area contributed by atoms with Gasteiger partial charge in [0.05, 0.1) is 7.11 Å². The van der Waals surface area contributed by atoms with Crippen LogP contribution in [0.2, 0.25) is 0 Å². The highest BCUT2D eigenvalue weighted by Crippen LogP contribution is 2.72. The van der Waals surface area contributed by atoms with E-state index in [-0.39, 0.29) is 5.56 Å². The minimum Gasteiger partial charge on any atom is -0.497 e. The van der Waals surface area contributed by atoms with E-state index >= 15 is 8.78 Å². The highest BCUT2D eigenvalue weighted by molar-refractivity contribution is 7.96. The van der Waals surface area contributed by atoms with E-state index in [0.717, 1.165) is 0 Å². The van der Waals surface area contributed by atoms with Crippen molar-refractivity contribution in [2.45, 2.75) is 31.2 Å². The van der Waals surface area contributed by atoms with E-state index in [1.165, 1.54) is 33.1 Å². The minimum absolute atomic E-state index is 0.0878. The van der Waals surface area contributed by atoms with Crippen molar-refractivity contribution in [1.29, 1.82) is 0 Å². The normalized spacial score (nSPS) is 16.0. The first-order valence-electron chi connectivity index (χ1n) is 13.0. The third-order valence-corrected chi connectivity index (χ3v) is 11.5. The maximum absolute atomic E-state index is 18.3. The first kappa shape index (κ1) is 28.3. The molecule has 5 rings (SSSR count). The molecule has 1 aliphatic heterocycles. The van der Waals surface area contributed by atoms with E-state index in [4.69, 9.17) is 14.2 Å². The average Bonchev–Trinajstić information content (AvgIpc) is 2.96. The topological polar surface area (TPSA) is 65.0 Å². The lowest BCUT2D eigenvalue weighted by Crippen LogP contribution is -2.48. The number of esters is 1. The molecule has 1 unspecified atom stereocenters. The fourth-order valence-corrected chi connectivity index (χ4v) is 9.82. The van der Waals surface area contributed by atoms with Crippen LogP contribution in [0.3, 0.4) is 0 Å². The lowest BCUT2D eigenvalue weighted by molar-refractivity contribution is -0.223. The molecule has 1 atom stereocenters. The van der Waals surface area contributed by atoms with Gasteiger partial charge in [-0.05, 0) is 54.1 Å². The summed E-state index contributed by atoms with van der Waals surface area (Å²) in [6.07, 6.45) is 0. The highest BCUT2D eigenvalue weighted by Gasteiger charge is 2.71. The molecule has 0 aliphatic carbocycles. The average molecular weight is 576 g/mol. The van der Waals surface area contributed by atoms with Gasteiger partial charge in [0.15, 0.2) is 7.26 Å². The zero-order valence-corrected chi connectivity index (χ0v) is 23.7. The summed E-state index contributed by atoms with van der Waals surface area (Å²) in [5, 5.41) is 12.3. The maximum atomic E-state index is 18.3. The Kier molecular flexibility index (Phi) is 7.58. The molecule has 0 radical (unpaired) electrons. The molecule has 4 aromatic rings. The van der Waals surface area contributed by atoms with Crippen molar-refractivity contribution in [2.75, 3.05) is 7.11 Å². The molecule has 0 aromatic heterocycles. The Balaban J connectivity index is 1.90. The molecular formula is C33H30F2O5P+. The van der Waals surface area contributed by atoms with Gasteiger partial charge in [0.25, 0.3) is 11.7 Å². The number of alkyl halides is 2. The second-order valence-corrected chi connectivity index (χ2v) is 13.6. The number of hydrogen-bond donors (Lipinski definition) is 1. The Morgan fingerprint density at radius 3 is 1.59 bits per heavy atom. The summed E-state index contributed by atoms with van der Waals surface area (Å²) in [7, 11) is -2.45. The largest absolute Gasteiger partial charge is 0.497 e. The molecule has 1 N–H and O–H groups in total. The number of halogens is 2. The molecule has 0 saturated heterocycles. The van der Waals surface area contributed by atoms with E-state index in [2.05, 4.69) is 0 Å². The lowest BCUT2D eigenvalue weighted by Gasteiger charge is -2.40. The molecule has 0 spiro atoms. The monoisotopic (exact) mass is 575 g/mol. The first-order valence-corrected chi connectivity index (χ1v) is 14.8. The smallest absolute Gasteiger partial charge is 0.379 e. The van der Waals surface area contributed by atoms with Crippen LogP contribution in [0.25, 0.3) is 0 Å². The summed E-state index contributed by atoms with van der Waals surface area (Å²) < 4.78 is 52.7. The fraction of sp³-hybridized carbons (Fsp3) is 0.182. The van der Waals surface area contributed by atoms with Gasteiger partial charge in [-0.15, -0.1) is 0 Å². The number of aliphatic hydroxyl groups excluding tert-OH is 1. The van der Waals surface area contributed by atoms with Crippen LogP contribution in [-0.2, 0) is 14.3 Å². The molecule has 8 heteroatoms. The predicted octanol–water partition coefficient (Wildman–Crippen LogP) is 6.44. The van der Waals surface area contributed by atoms with Gasteiger partial charge in [0, 0.05) is 13.8 Å². The van der Waals surface area contributed by atoms with Crippen molar-refractivity contribution in [3.8, 4) is 5.75 Å². The number of cyclic esters (lactones) is 1. The third-order valence-electron chi connectivity index (χ3n) is 7.09. The molecule has 210 valence electrons. The number of benzene rings is 4. The Morgan fingerprint density at radius 1 is 0.756 bits per heavy atom. The number of carbonyl (C=O) groups excluding carboxylic acids is 1. The molecule has 0 bridgehead atoms. The zero-order chi connectivity index (χ0) is 29.3. The fourth-order valence-electron chi connectivity index (χ4n) is 5.36. The molecule has 1 aliphatic rings. The van der Waals surface area contributed by atoms with E-state index in [1.807, 2.05) is 0 Å². The standard InChI is InChI=1S/C33H29F2O5P/c1-32(2)39-30(36)28(31(37)40-32)29(23-19-21-24(38-3)22-20-23)33(34,35)41(25-13-7-4-8-14-25,26-15-9-5-10-16-26)27-17-11-6-12-18-27/h4-22,29H,1-3H3/p+1. The van der Waals surface area contributed by atoms with Crippen molar-refractivity contribution in [1.82, 2.24) is 0 Å². The number of carbonyl (C=O) groups is 1. The Hall–Kier alpha value is -4.22. The summed E-state index contributed by atoms with van der Waals surface area (Å²) in [6.45, 7) is 2.85. The van der Waals surface area contributed by atoms with Crippen LogP contribution in [0, 0.1) is 0 Å². The van der Waals surface area contributed by atoms with Crippen LogP contribution in [0.15, 0.2) is 127 Å². The molecule has 5 nitrogen and oxygen atoms in total. The molecule has 0 amide bonds. The molecule has 0 saturated carbocycles. The third kappa shape index (κ3) is 4.95. The summed E-state index contributed by atoms with van der Waals surface area (Å²) in [5.74, 6) is -5.00. The molecule has 0 fully saturated rings. The van der Waals surface area contributed by atoms with E-state index in [1.54, 1.807) is 103 Å². The summed E-state index contributed by atoms with van der Waals surface area (Å²) >= 11 is 0. The van der Waals surface area contributed by atoms with Crippen molar-refractivity contribution < 1.29 is 32.9 Å². The van der Waals surface area contributed by atoms with Gasteiger partial charge in [-0.2, -0.15) is 8.78 Å². The van der Waals surface area contributed by atoms with E-state index < -0.39 is 42.1 Å². The number of methoxy groups -OCH3 is 1. The zero-order valence-electron chi connectivity index (χ0n) is 22.8. The van der Waals surface area contributed by atoms with E-state index in [9.17, 15) is 9.90 Å². The van der Waals surface area contributed by atoms with Gasteiger partial charge in [0.2, 0.25) is 0 Å².